The van der Waals surface area contributed by atoms with Crippen molar-refractivity contribution in [2.75, 3.05) is 6.61 Å². The van der Waals surface area contributed by atoms with Crippen molar-refractivity contribution in [3.63, 3.8) is 0 Å². The molecule has 1 heterocycles. The molecular weight excluding hydrogens is 262 g/mol. The van der Waals surface area contributed by atoms with E-state index in [1.165, 1.54) is 18.4 Å². The zero-order chi connectivity index (χ0) is 15.1. The molecular formula is C18H29NO2. The van der Waals surface area contributed by atoms with E-state index in [-0.39, 0.29) is 5.60 Å². The van der Waals surface area contributed by atoms with Gasteiger partial charge in [0.25, 0.3) is 0 Å². The van der Waals surface area contributed by atoms with E-state index in [0.717, 1.165) is 37.8 Å². The van der Waals surface area contributed by atoms with Crippen LogP contribution in [-0.4, -0.2) is 28.4 Å². The fourth-order valence-electron chi connectivity index (χ4n) is 3.36. The average Bonchev–Trinajstić information content (AvgIpc) is 2.75. The van der Waals surface area contributed by atoms with E-state index in [9.17, 15) is 5.11 Å². The van der Waals surface area contributed by atoms with Crippen LogP contribution in [0.1, 0.15) is 63.6 Å². The summed E-state index contributed by atoms with van der Waals surface area (Å²) in [4.78, 5) is 4.48. The van der Waals surface area contributed by atoms with Crippen molar-refractivity contribution >= 4 is 0 Å². The van der Waals surface area contributed by atoms with Gasteiger partial charge in [-0.15, -0.1) is 0 Å². The van der Waals surface area contributed by atoms with Gasteiger partial charge in [0.05, 0.1) is 11.7 Å². The number of aryl methyl sites for hydroxylation is 1. The average molecular weight is 291 g/mol. The fourth-order valence-corrected chi connectivity index (χ4v) is 3.36. The number of rotatable bonds is 6. The van der Waals surface area contributed by atoms with Gasteiger partial charge in [-0.25, -0.2) is 0 Å². The highest BCUT2D eigenvalue weighted by atomic mass is 16.5. The molecule has 1 saturated carbocycles. The van der Waals surface area contributed by atoms with Crippen molar-refractivity contribution in [1.29, 1.82) is 0 Å². The minimum Gasteiger partial charge on any atom is -0.390 e. The van der Waals surface area contributed by atoms with Crippen LogP contribution >= 0.6 is 0 Å². The number of nitrogens with zero attached hydrogens (tertiary/aromatic N) is 1. The molecule has 1 atom stereocenters. The van der Waals surface area contributed by atoms with Gasteiger partial charge in [0, 0.05) is 24.9 Å². The zero-order valence-electron chi connectivity index (χ0n) is 13.5. The monoisotopic (exact) mass is 291 g/mol. The van der Waals surface area contributed by atoms with Crippen LogP contribution in [0.3, 0.4) is 0 Å². The van der Waals surface area contributed by atoms with E-state index >= 15 is 0 Å². The molecule has 118 valence electrons. The van der Waals surface area contributed by atoms with Gasteiger partial charge in [-0.2, -0.15) is 0 Å². The number of aliphatic hydroxyl groups excluding tert-OH is 1. The predicted molar refractivity (Wildman–Crippen MR) is 85.4 cm³/mol. The second kappa shape index (κ2) is 7.90. The van der Waals surface area contributed by atoms with Gasteiger partial charge in [-0.3, -0.25) is 4.98 Å². The molecule has 0 radical (unpaired) electrons. The Morgan fingerprint density at radius 2 is 1.90 bits per heavy atom. The van der Waals surface area contributed by atoms with Crippen molar-refractivity contribution < 1.29 is 9.84 Å². The summed E-state index contributed by atoms with van der Waals surface area (Å²) < 4.78 is 6.05. The second-order valence-corrected chi connectivity index (χ2v) is 6.14. The summed E-state index contributed by atoms with van der Waals surface area (Å²) in [6.07, 6.45) is 9.79. The summed E-state index contributed by atoms with van der Waals surface area (Å²) in [6.45, 7) is 4.81. The summed E-state index contributed by atoms with van der Waals surface area (Å²) in [5.74, 6) is 0. The molecule has 0 aliphatic heterocycles. The first kappa shape index (κ1) is 16.4. The Bertz CT molecular complexity index is 408. The lowest BCUT2D eigenvalue weighted by Crippen LogP contribution is -2.46. The largest absolute Gasteiger partial charge is 0.390 e. The highest BCUT2D eigenvalue weighted by molar-refractivity contribution is 5.15. The fraction of sp³-hybridized carbons (Fsp3) is 0.722. The van der Waals surface area contributed by atoms with Crippen molar-refractivity contribution in [3.05, 3.63) is 29.6 Å². The van der Waals surface area contributed by atoms with Crippen LogP contribution in [0.25, 0.3) is 0 Å². The van der Waals surface area contributed by atoms with Gasteiger partial charge in [0.15, 0.2) is 0 Å². The highest BCUT2D eigenvalue weighted by Gasteiger charge is 2.39. The topological polar surface area (TPSA) is 42.4 Å². The maximum absolute atomic E-state index is 10.8. The summed E-state index contributed by atoms with van der Waals surface area (Å²) in [5.41, 5.74) is 1.83. The smallest absolute Gasteiger partial charge is 0.0943 e. The summed E-state index contributed by atoms with van der Waals surface area (Å²) in [7, 11) is 0. The van der Waals surface area contributed by atoms with Crippen LogP contribution in [-0.2, 0) is 17.6 Å². The Labute approximate surface area is 128 Å². The summed E-state index contributed by atoms with van der Waals surface area (Å²) >= 11 is 0. The maximum Gasteiger partial charge on any atom is 0.0943 e. The van der Waals surface area contributed by atoms with E-state index in [1.807, 2.05) is 19.2 Å². The van der Waals surface area contributed by atoms with E-state index in [0.29, 0.717) is 13.0 Å². The normalized spacial score (nSPS) is 20.0. The quantitative estimate of drug-likeness (QED) is 0.813. The number of ether oxygens (including phenoxy) is 1. The number of hydrogen-bond donors (Lipinski definition) is 1. The standard InChI is InChI=1S/C18H29NO2/c1-3-15-9-10-16(19-14-15)13-17(20)18(21-4-2)11-7-5-6-8-12-18/h9-10,14,17,20H,3-8,11-13H2,1-2H3. The van der Waals surface area contributed by atoms with Crippen molar-refractivity contribution in [2.45, 2.75) is 76.9 Å². The second-order valence-electron chi connectivity index (χ2n) is 6.14. The van der Waals surface area contributed by atoms with Gasteiger partial charge in [-0.1, -0.05) is 38.7 Å². The minimum atomic E-state index is -0.462. The summed E-state index contributed by atoms with van der Waals surface area (Å²) in [6, 6.07) is 4.15. The van der Waals surface area contributed by atoms with Crippen molar-refractivity contribution in [1.82, 2.24) is 4.98 Å². The van der Waals surface area contributed by atoms with Gasteiger partial charge in [0.2, 0.25) is 0 Å². The third-order valence-corrected chi connectivity index (χ3v) is 4.69. The molecule has 1 N–H and O–H groups in total. The SMILES string of the molecule is CCOC1(C(O)Cc2ccc(CC)cn2)CCCCCC1. The number of aromatic nitrogens is 1. The third kappa shape index (κ3) is 4.27. The molecule has 1 aliphatic rings. The van der Waals surface area contributed by atoms with Crippen LogP contribution in [0.5, 0.6) is 0 Å². The minimum absolute atomic E-state index is 0.365. The van der Waals surface area contributed by atoms with E-state index in [4.69, 9.17) is 4.74 Å². The van der Waals surface area contributed by atoms with E-state index in [2.05, 4.69) is 18.0 Å². The lowest BCUT2D eigenvalue weighted by molar-refractivity contribution is -0.128. The molecule has 0 amide bonds. The Kier molecular flexibility index (Phi) is 6.19. The molecule has 0 saturated heterocycles. The van der Waals surface area contributed by atoms with Gasteiger partial charge < -0.3 is 9.84 Å². The molecule has 0 bridgehead atoms. The van der Waals surface area contributed by atoms with E-state index in [1.54, 1.807) is 0 Å². The van der Waals surface area contributed by atoms with Crippen molar-refractivity contribution in [2.24, 2.45) is 0 Å². The third-order valence-electron chi connectivity index (χ3n) is 4.69. The highest BCUT2D eigenvalue weighted by Crippen LogP contribution is 2.34. The zero-order valence-corrected chi connectivity index (χ0v) is 13.5. The molecule has 21 heavy (non-hydrogen) atoms. The van der Waals surface area contributed by atoms with Crippen LogP contribution in [0, 0.1) is 0 Å². The maximum atomic E-state index is 10.8. The lowest BCUT2D eigenvalue weighted by Gasteiger charge is -2.37. The number of aliphatic hydroxyl groups is 1. The lowest BCUT2D eigenvalue weighted by atomic mass is 9.85. The molecule has 0 aromatic carbocycles. The van der Waals surface area contributed by atoms with Crippen LogP contribution in [0.4, 0.5) is 0 Å². The first-order chi connectivity index (χ1) is 10.2. The Morgan fingerprint density at radius 3 is 2.43 bits per heavy atom. The summed E-state index contributed by atoms with van der Waals surface area (Å²) in [5, 5.41) is 10.8. The first-order valence-electron chi connectivity index (χ1n) is 8.46. The van der Waals surface area contributed by atoms with Crippen LogP contribution < -0.4 is 0 Å². The predicted octanol–water partition coefficient (Wildman–Crippen LogP) is 3.68. The molecule has 3 nitrogen and oxygen atoms in total. The van der Waals surface area contributed by atoms with Crippen LogP contribution in [0.15, 0.2) is 18.3 Å². The molecule has 2 rings (SSSR count). The van der Waals surface area contributed by atoms with Gasteiger partial charge >= 0.3 is 0 Å². The Balaban J connectivity index is 2.07. The molecule has 3 heteroatoms. The van der Waals surface area contributed by atoms with Gasteiger partial charge in [0.1, 0.15) is 0 Å². The number of hydrogen-bond acceptors (Lipinski definition) is 3. The molecule has 1 aliphatic carbocycles. The molecule has 0 spiro atoms. The molecule has 1 unspecified atom stereocenters. The first-order valence-corrected chi connectivity index (χ1v) is 8.46. The number of pyridine rings is 1. The Morgan fingerprint density at radius 1 is 1.19 bits per heavy atom. The molecule has 1 aromatic heterocycles. The van der Waals surface area contributed by atoms with Crippen molar-refractivity contribution in [3.8, 4) is 0 Å². The van der Waals surface area contributed by atoms with E-state index < -0.39 is 6.10 Å². The molecule has 1 fully saturated rings. The molecule has 1 aromatic rings. The van der Waals surface area contributed by atoms with Crippen LogP contribution in [0.2, 0.25) is 0 Å². The Hall–Kier alpha value is -0.930. The van der Waals surface area contributed by atoms with Gasteiger partial charge in [-0.05, 0) is 37.8 Å².